The van der Waals surface area contributed by atoms with Crippen LogP contribution in [0.15, 0.2) is 54.6 Å². The molecule has 0 atom stereocenters. The minimum absolute atomic E-state index is 0.0956. The number of amides is 1. The van der Waals surface area contributed by atoms with Gasteiger partial charge in [0.05, 0.1) is 0 Å². The van der Waals surface area contributed by atoms with Gasteiger partial charge in [-0.1, -0.05) is 36.4 Å². The zero-order chi connectivity index (χ0) is 12.8. The van der Waals surface area contributed by atoms with Crippen LogP contribution in [0.5, 0.6) is 5.75 Å². The topological polar surface area (TPSA) is 38.3 Å². The molecule has 0 spiro atoms. The number of nitrogens with one attached hydrogen (secondary N) is 1. The fourth-order valence-electron chi connectivity index (χ4n) is 1.44. The molecule has 2 rings (SSSR count). The van der Waals surface area contributed by atoms with Gasteiger partial charge < -0.3 is 10.1 Å². The number of carbonyl (C=O) groups is 1. The Kier molecular flexibility index (Phi) is 3.91. The van der Waals surface area contributed by atoms with E-state index in [0.717, 1.165) is 0 Å². The van der Waals surface area contributed by atoms with Gasteiger partial charge in [-0.25, -0.2) is 9.18 Å². The molecule has 0 bridgehead atoms. The first-order valence-electron chi connectivity index (χ1n) is 5.50. The number of hydrogen-bond acceptors (Lipinski definition) is 2. The van der Waals surface area contributed by atoms with Crippen LogP contribution in [0.1, 0.15) is 5.56 Å². The monoisotopic (exact) mass is 245 g/mol. The summed E-state index contributed by atoms with van der Waals surface area (Å²) in [6.45, 7) is 0.0956. The van der Waals surface area contributed by atoms with E-state index in [1.165, 1.54) is 6.07 Å². The van der Waals surface area contributed by atoms with E-state index >= 15 is 0 Å². The van der Waals surface area contributed by atoms with E-state index < -0.39 is 6.09 Å². The lowest BCUT2D eigenvalue weighted by Crippen LogP contribution is -2.26. The maximum Gasteiger partial charge on any atom is 0.412 e. The zero-order valence-electron chi connectivity index (χ0n) is 9.60. The summed E-state index contributed by atoms with van der Waals surface area (Å²) in [7, 11) is 0. The van der Waals surface area contributed by atoms with E-state index in [1.54, 1.807) is 42.5 Å². The number of ether oxygens (including phenoxy) is 1. The van der Waals surface area contributed by atoms with E-state index in [2.05, 4.69) is 5.32 Å². The van der Waals surface area contributed by atoms with Gasteiger partial charge in [0.25, 0.3) is 0 Å². The molecule has 4 heteroatoms. The summed E-state index contributed by atoms with van der Waals surface area (Å²) < 4.78 is 18.3. The van der Waals surface area contributed by atoms with Crippen molar-refractivity contribution in [3.05, 3.63) is 66.0 Å². The Hall–Kier alpha value is -2.36. The van der Waals surface area contributed by atoms with Crippen molar-refractivity contribution in [3.8, 4) is 5.75 Å². The Balaban J connectivity index is 1.88. The molecular weight excluding hydrogens is 233 g/mol. The normalized spacial score (nSPS) is 9.83. The van der Waals surface area contributed by atoms with Crippen molar-refractivity contribution in [3.63, 3.8) is 0 Å². The number of para-hydroxylation sites is 1. The smallest absolute Gasteiger partial charge is 0.410 e. The second kappa shape index (κ2) is 5.82. The second-order valence-electron chi connectivity index (χ2n) is 3.65. The lowest BCUT2D eigenvalue weighted by atomic mass is 10.2. The maximum atomic E-state index is 13.3. The van der Waals surface area contributed by atoms with Gasteiger partial charge in [-0.3, -0.25) is 0 Å². The summed E-state index contributed by atoms with van der Waals surface area (Å²) in [5, 5.41) is 2.49. The average molecular weight is 245 g/mol. The highest BCUT2D eigenvalue weighted by atomic mass is 19.1. The molecule has 3 nitrogen and oxygen atoms in total. The van der Waals surface area contributed by atoms with Crippen molar-refractivity contribution in [1.29, 1.82) is 0 Å². The zero-order valence-corrected chi connectivity index (χ0v) is 9.60. The van der Waals surface area contributed by atoms with Crippen molar-refractivity contribution in [2.75, 3.05) is 0 Å². The predicted molar refractivity (Wildman–Crippen MR) is 65.7 cm³/mol. The van der Waals surface area contributed by atoms with Crippen molar-refractivity contribution in [2.45, 2.75) is 6.54 Å². The van der Waals surface area contributed by atoms with E-state index in [9.17, 15) is 9.18 Å². The minimum atomic E-state index is -0.607. The molecule has 0 aromatic heterocycles. The van der Waals surface area contributed by atoms with Gasteiger partial charge in [-0.05, 0) is 18.2 Å². The Morgan fingerprint density at radius 3 is 2.44 bits per heavy atom. The highest BCUT2D eigenvalue weighted by molar-refractivity contribution is 5.70. The standard InChI is InChI=1S/C14H12FNO2/c15-13-9-5-4-6-11(13)10-16-14(17)18-12-7-2-1-3-8-12/h1-9H,10H2,(H,16,17). The quantitative estimate of drug-likeness (QED) is 0.902. The van der Waals surface area contributed by atoms with Gasteiger partial charge >= 0.3 is 6.09 Å². The summed E-state index contributed by atoms with van der Waals surface area (Å²) >= 11 is 0. The average Bonchev–Trinajstić information content (AvgIpc) is 2.39. The molecule has 0 aliphatic heterocycles. The molecule has 0 fully saturated rings. The van der Waals surface area contributed by atoms with Crippen molar-refractivity contribution in [1.82, 2.24) is 5.32 Å². The number of hydrogen-bond donors (Lipinski definition) is 1. The number of benzene rings is 2. The van der Waals surface area contributed by atoms with Crippen molar-refractivity contribution in [2.24, 2.45) is 0 Å². The van der Waals surface area contributed by atoms with Crippen LogP contribution in [0.4, 0.5) is 9.18 Å². The summed E-state index contributed by atoms with van der Waals surface area (Å²) in [5.41, 5.74) is 0.419. The lowest BCUT2D eigenvalue weighted by Gasteiger charge is -2.07. The van der Waals surface area contributed by atoms with E-state index in [4.69, 9.17) is 4.74 Å². The summed E-state index contributed by atoms with van der Waals surface area (Å²) in [6, 6.07) is 15.0. The highest BCUT2D eigenvalue weighted by Crippen LogP contribution is 2.09. The molecule has 0 aliphatic rings. The van der Waals surface area contributed by atoms with Crippen LogP contribution >= 0.6 is 0 Å². The minimum Gasteiger partial charge on any atom is -0.410 e. The third kappa shape index (κ3) is 3.31. The second-order valence-corrected chi connectivity index (χ2v) is 3.65. The first kappa shape index (κ1) is 12.1. The number of halogens is 1. The summed E-state index contributed by atoms with van der Waals surface area (Å²) in [4.78, 5) is 11.4. The molecule has 0 radical (unpaired) electrons. The molecular formula is C14H12FNO2. The Bertz CT molecular complexity index is 528. The molecule has 0 unspecified atom stereocenters. The molecule has 1 amide bonds. The molecule has 2 aromatic rings. The Morgan fingerprint density at radius 2 is 1.72 bits per heavy atom. The number of rotatable bonds is 3. The van der Waals surface area contributed by atoms with E-state index in [0.29, 0.717) is 11.3 Å². The lowest BCUT2D eigenvalue weighted by molar-refractivity contribution is 0.200. The Morgan fingerprint density at radius 1 is 1.06 bits per heavy atom. The van der Waals surface area contributed by atoms with Crippen LogP contribution < -0.4 is 10.1 Å². The van der Waals surface area contributed by atoms with E-state index in [1.807, 2.05) is 6.07 Å². The third-order valence-corrected chi connectivity index (χ3v) is 2.33. The largest absolute Gasteiger partial charge is 0.412 e. The summed E-state index contributed by atoms with van der Waals surface area (Å²) in [6.07, 6.45) is -0.607. The van der Waals surface area contributed by atoms with Crippen molar-refractivity contribution >= 4 is 6.09 Å². The molecule has 0 saturated heterocycles. The highest BCUT2D eigenvalue weighted by Gasteiger charge is 2.05. The van der Waals surface area contributed by atoms with Gasteiger partial charge in [0.15, 0.2) is 0 Å². The van der Waals surface area contributed by atoms with Crippen LogP contribution in [0.25, 0.3) is 0 Å². The predicted octanol–water partition coefficient (Wildman–Crippen LogP) is 3.11. The maximum absolute atomic E-state index is 13.3. The van der Waals surface area contributed by atoms with Crippen LogP contribution in [-0.4, -0.2) is 6.09 Å². The van der Waals surface area contributed by atoms with Crippen LogP contribution in [0.2, 0.25) is 0 Å². The molecule has 0 heterocycles. The van der Waals surface area contributed by atoms with Crippen LogP contribution in [0.3, 0.4) is 0 Å². The van der Waals surface area contributed by atoms with Gasteiger partial charge in [-0.15, -0.1) is 0 Å². The first-order chi connectivity index (χ1) is 8.75. The van der Waals surface area contributed by atoms with E-state index in [-0.39, 0.29) is 12.4 Å². The fraction of sp³-hybridized carbons (Fsp3) is 0.0714. The first-order valence-corrected chi connectivity index (χ1v) is 5.50. The Labute approximate surface area is 104 Å². The SMILES string of the molecule is O=C(NCc1ccccc1F)Oc1ccccc1. The molecule has 1 N–H and O–H groups in total. The molecule has 2 aromatic carbocycles. The van der Waals surface area contributed by atoms with Gasteiger partial charge in [-0.2, -0.15) is 0 Å². The molecule has 92 valence electrons. The molecule has 0 saturated carbocycles. The summed E-state index contributed by atoms with van der Waals surface area (Å²) in [5.74, 6) is 0.0982. The van der Waals surface area contributed by atoms with Gasteiger partial charge in [0.1, 0.15) is 11.6 Å². The number of carbonyl (C=O) groups excluding carboxylic acids is 1. The van der Waals surface area contributed by atoms with Gasteiger partial charge in [0.2, 0.25) is 0 Å². The molecule has 18 heavy (non-hydrogen) atoms. The van der Waals surface area contributed by atoms with Crippen LogP contribution in [-0.2, 0) is 6.54 Å². The van der Waals surface area contributed by atoms with Crippen LogP contribution in [0, 0.1) is 5.82 Å². The molecule has 0 aliphatic carbocycles. The third-order valence-electron chi connectivity index (χ3n) is 2.33. The fourth-order valence-corrected chi connectivity index (χ4v) is 1.44. The van der Waals surface area contributed by atoms with Gasteiger partial charge in [0, 0.05) is 12.1 Å². The van der Waals surface area contributed by atoms with Crippen molar-refractivity contribution < 1.29 is 13.9 Å².